The van der Waals surface area contributed by atoms with Gasteiger partial charge in [0.25, 0.3) is 0 Å². The summed E-state index contributed by atoms with van der Waals surface area (Å²) >= 11 is 2.32. The van der Waals surface area contributed by atoms with E-state index in [0.717, 1.165) is 19.6 Å². The first-order chi connectivity index (χ1) is 8.29. The van der Waals surface area contributed by atoms with Gasteiger partial charge in [0.15, 0.2) is 0 Å². The summed E-state index contributed by atoms with van der Waals surface area (Å²) in [4.78, 5) is 0. The Morgan fingerprint density at radius 1 is 1.35 bits per heavy atom. The summed E-state index contributed by atoms with van der Waals surface area (Å²) in [5.74, 6) is 0. The third-order valence-corrected chi connectivity index (χ3v) is 3.20. The Labute approximate surface area is 115 Å². The molecule has 2 rings (SSSR count). The van der Waals surface area contributed by atoms with E-state index in [2.05, 4.69) is 58.2 Å². The lowest BCUT2D eigenvalue weighted by Crippen LogP contribution is -2.01. The average molecular weight is 342 g/mol. The standard InChI is InChI=1S/C13H15IN2O/c1-17-7-3-6-16-10-12(9-15-16)11-4-2-5-13(14)8-11/h2,4-5,8-10H,3,6-7H2,1H3. The van der Waals surface area contributed by atoms with Gasteiger partial charge in [0.1, 0.15) is 0 Å². The molecule has 0 radical (unpaired) electrons. The molecule has 90 valence electrons. The third-order valence-electron chi connectivity index (χ3n) is 2.53. The number of rotatable bonds is 5. The summed E-state index contributed by atoms with van der Waals surface area (Å²) in [6.45, 7) is 1.68. The third kappa shape index (κ3) is 3.54. The topological polar surface area (TPSA) is 27.1 Å². The van der Waals surface area contributed by atoms with Crippen LogP contribution in [0.15, 0.2) is 36.7 Å². The minimum atomic E-state index is 0.776. The van der Waals surface area contributed by atoms with Crippen LogP contribution in [0.4, 0.5) is 0 Å². The molecular weight excluding hydrogens is 327 g/mol. The van der Waals surface area contributed by atoms with Crippen LogP contribution < -0.4 is 0 Å². The Hall–Kier alpha value is -0.880. The Morgan fingerprint density at radius 2 is 2.24 bits per heavy atom. The number of nitrogens with zero attached hydrogens (tertiary/aromatic N) is 2. The molecule has 1 aromatic carbocycles. The van der Waals surface area contributed by atoms with Gasteiger partial charge in [0.2, 0.25) is 0 Å². The number of halogens is 1. The van der Waals surface area contributed by atoms with E-state index in [0.29, 0.717) is 0 Å². The molecule has 0 amide bonds. The molecule has 1 aromatic heterocycles. The minimum absolute atomic E-state index is 0.776. The zero-order chi connectivity index (χ0) is 12.1. The quantitative estimate of drug-likeness (QED) is 0.616. The number of benzene rings is 1. The van der Waals surface area contributed by atoms with Crippen molar-refractivity contribution in [3.8, 4) is 11.1 Å². The zero-order valence-electron chi connectivity index (χ0n) is 9.77. The van der Waals surface area contributed by atoms with Crippen molar-refractivity contribution in [1.29, 1.82) is 0 Å². The normalized spacial score (nSPS) is 10.7. The molecule has 0 fully saturated rings. The van der Waals surface area contributed by atoms with Crippen LogP contribution in [0.5, 0.6) is 0 Å². The molecule has 3 nitrogen and oxygen atoms in total. The van der Waals surface area contributed by atoms with Crippen molar-refractivity contribution in [2.45, 2.75) is 13.0 Å². The van der Waals surface area contributed by atoms with Gasteiger partial charge < -0.3 is 4.74 Å². The first kappa shape index (κ1) is 12.6. The predicted octanol–water partition coefficient (Wildman–Crippen LogP) is 3.19. The van der Waals surface area contributed by atoms with E-state index in [1.54, 1.807) is 7.11 Å². The Bertz CT molecular complexity index is 482. The van der Waals surface area contributed by atoms with E-state index in [1.165, 1.54) is 14.7 Å². The van der Waals surface area contributed by atoms with Crippen molar-refractivity contribution in [2.24, 2.45) is 0 Å². The van der Waals surface area contributed by atoms with E-state index in [9.17, 15) is 0 Å². The summed E-state index contributed by atoms with van der Waals surface area (Å²) in [6, 6.07) is 8.43. The first-order valence-electron chi connectivity index (χ1n) is 5.57. The predicted molar refractivity (Wildman–Crippen MR) is 76.9 cm³/mol. The van der Waals surface area contributed by atoms with E-state index in [-0.39, 0.29) is 0 Å². The van der Waals surface area contributed by atoms with E-state index >= 15 is 0 Å². The first-order valence-corrected chi connectivity index (χ1v) is 6.65. The fourth-order valence-corrected chi connectivity index (χ4v) is 2.22. The van der Waals surface area contributed by atoms with Crippen LogP contribution in [-0.4, -0.2) is 23.5 Å². The van der Waals surface area contributed by atoms with Crippen LogP contribution in [0.2, 0.25) is 0 Å². The molecule has 0 spiro atoms. The number of aryl methyl sites for hydroxylation is 1. The highest BCUT2D eigenvalue weighted by molar-refractivity contribution is 14.1. The van der Waals surface area contributed by atoms with Gasteiger partial charge in [-0.15, -0.1) is 0 Å². The van der Waals surface area contributed by atoms with Gasteiger partial charge in [-0.25, -0.2) is 0 Å². The SMILES string of the molecule is COCCCn1cc(-c2cccc(I)c2)cn1. The molecule has 17 heavy (non-hydrogen) atoms. The van der Waals surface area contributed by atoms with Gasteiger partial charge in [-0.1, -0.05) is 12.1 Å². The highest BCUT2D eigenvalue weighted by atomic mass is 127. The van der Waals surface area contributed by atoms with Gasteiger partial charge in [0, 0.05) is 35.6 Å². The molecule has 4 heteroatoms. The molecule has 0 bridgehead atoms. The lowest BCUT2D eigenvalue weighted by atomic mass is 10.1. The van der Waals surface area contributed by atoms with Gasteiger partial charge in [-0.05, 0) is 46.7 Å². The van der Waals surface area contributed by atoms with Crippen molar-refractivity contribution in [1.82, 2.24) is 9.78 Å². The molecule has 0 aliphatic carbocycles. The van der Waals surface area contributed by atoms with Gasteiger partial charge in [-0.3, -0.25) is 4.68 Å². The summed E-state index contributed by atoms with van der Waals surface area (Å²) in [5, 5.41) is 4.35. The summed E-state index contributed by atoms with van der Waals surface area (Å²) in [7, 11) is 1.72. The highest BCUT2D eigenvalue weighted by Gasteiger charge is 2.01. The van der Waals surface area contributed by atoms with Crippen LogP contribution in [0.1, 0.15) is 6.42 Å². The number of ether oxygens (including phenoxy) is 1. The minimum Gasteiger partial charge on any atom is -0.385 e. The van der Waals surface area contributed by atoms with E-state index < -0.39 is 0 Å². The molecule has 1 heterocycles. The molecule has 0 saturated carbocycles. The van der Waals surface area contributed by atoms with Crippen LogP contribution in [0, 0.1) is 3.57 Å². The van der Waals surface area contributed by atoms with E-state index in [1.807, 2.05) is 10.9 Å². The number of methoxy groups -OCH3 is 1. The maximum absolute atomic E-state index is 5.03. The molecule has 2 aromatic rings. The molecular formula is C13H15IN2O. The second-order valence-corrected chi connectivity index (χ2v) is 5.09. The van der Waals surface area contributed by atoms with Crippen molar-refractivity contribution in [3.63, 3.8) is 0 Å². The smallest absolute Gasteiger partial charge is 0.0568 e. The number of aromatic nitrogens is 2. The van der Waals surface area contributed by atoms with Crippen molar-refractivity contribution in [3.05, 3.63) is 40.2 Å². The van der Waals surface area contributed by atoms with Crippen LogP contribution >= 0.6 is 22.6 Å². The molecule has 0 saturated heterocycles. The second-order valence-electron chi connectivity index (χ2n) is 3.85. The van der Waals surface area contributed by atoms with E-state index in [4.69, 9.17) is 4.74 Å². The van der Waals surface area contributed by atoms with Gasteiger partial charge in [0.05, 0.1) is 6.20 Å². The summed E-state index contributed by atoms with van der Waals surface area (Å²) in [5.41, 5.74) is 2.39. The van der Waals surface area contributed by atoms with Crippen molar-refractivity contribution >= 4 is 22.6 Å². The van der Waals surface area contributed by atoms with Crippen LogP contribution in [-0.2, 0) is 11.3 Å². The fourth-order valence-electron chi connectivity index (χ4n) is 1.67. The Balaban J connectivity index is 2.07. The molecule has 0 aliphatic heterocycles. The lowest BCUT2D eigenvalue weighted by Gasteiger charge is -2.00. The molecule has 0 atom stereocenters. The van der Waals surface area contributed by atoms with Gasteiger partial charge >= 0.3 is 0 Å². The zero-order valence-corrected chi connectivity index (χ0v) is 11.9. The molecule has 0 aliphatic rings. The fraction of sp³-hybridized carbons (Fsp3) is 0.308. The van der Waals surface area contributed by atoms with Crippen LogP contribution in [0.25, 0.3) is 11.1 Å². The average Bonchev–Trinajstić information content (AvgIpc) is 2.78. The Kier molecular flexibility index (Phi) is 4.56. The molecule has 0 N–H and O–H groups in total. The van der Waals surface area contributed by atoms with Crippen LogP contribution in [0.3, 0.4) is 0 Å². The lowest BCUT2D eigenvalue weighted by molar-refractivity contribution is 0.189. The monoisotopic (exact) mass is 342 g/mol. The largest absolute Gasteiger partial charge is 0.385 e. The van der Waals surface area contributed by atoms with Crippen molar-refractivity contribution in [2.75, 3.05) is 13.7 Å². The molecule has 0 unspecified atom stereocenters. The summed E-state index contributed by atoms with van der Waals surface area (Å²) < 4.78 is 8.24. The highest BCUT2D eigenvalue weighted by Crippen LogP contribution is 2.20. The second kappa shape index (κ2) is 6.16. The maximum atomic E-state index is 5.03. The van der Waals surface area contributed by atoms with Gasteiger partial charge in [-0.2, -0.15) is 5.10 Å². The van der Waals surface area contributed by atoms with Crippen molar-refractivity contribution < 1.29 is 4.74 Å². The summed E-state index contributed by atoms with van der Waals surface area (Å²) in [6.07, 6.45) is 4.99. The number of hydrogen-bond donors (Lipinski definition) is 0. The Morgan fingerprint density at radius 3 is 3.00 bits per heavy atom. The number of hydrogen-bond acceptors (Lipinski definition) is 2. The maximum Gasteiger partial charge on any atom is 0.0568 e.